The fraction of sp³-hybridized carbons (Fsp3) is 0.571. The summed E-state index contributed by atoms with van der Waals surface area (Å²) in [6, 6.07) is 3.70. The Morgan fingerprint density at radius 3 is 2.56 bits per heavy atom. The summed E-state index contributed by atoms with van der Waals surface area (Å²) in [6.45, 7) is 10.4. The molecule has 0 aromatic carbocycles. The average Bonchev–Trinajstić information content (AvgIpc) is 2.20. The minimum absolute atomic E-state index is 0.0460. The normalized spacial score (nSPS) is 13.2. The second kappa shape index (κ2) is 5.83. The van der Waals surface area contributed by atoms with Crippen molar-refractivity contribution in [3.05, 3.63) is 22.4 Å². The summed E-state index contributed by atoms with van der Waals surface area (Å²) in [5.74, 6) is 0.380. The number of pyridine rings is 1. The van der Waals surface area contributed by atoms with E-state index in [2.05, 4.69) is 53.9 Å². The van der Waals surface area contributed by atoms with E-state index in [1.54, 1.807) is 0 Å². The molecule has 1 heterocycles. The van der Waals surface area contributed by atoms with E-state index in [1.165, 1.54) is 0 Å². The molecule has 0 spiro atoms. The standard InChI is InChI=1S/C14H21BrN2O/c1-9(14(3,4)5)8-13(18)17-11-6-7-12(15)16-10(11)2/h6-7,9H,8H2,1-5H3,(H,17,18). The van der Waals surface area contributed by atoms with Gasteiger partial charge in [-0.05, 0) is 46.3 Å². The SMILES string of the molecule is Cc1nc(Br)ccc1NC(=O)CC(C)C(C)(C)C. The van der Waals surface area contributed by atoms with E-state index in [1.807, 2.05) is 19.1 Å². The van der Waals surface area contributed by atoms with Crippen molar-refractivity contribution in [3.8, 4) is 0 Å². The number of nitrogens with one attached hydrogen (secondary N) is 1. The molecule has 0 aliphatic heterocycles. The Labute approximate surface area is 118 Å². The second-order valence-corrected chi connectivity index (χ2v) is 6.60. The molecule has 0 aliphatic carbocycles. The topological polar surface area (TPSA) is 42.0 Å². The van der Waals surface area contributed by atoms with Gasteiger partial charge in [-0.1, -0.05) is 27.7 Å². The highest BCUT2D eigenvalue weighted by Gasteiger charge is 2.22. The van der Waals surface area contributed by atoms with Crippen molar-refractivity contribution >= 4 is 27.5 Å². The van der Waals surface area contributed by atoms with E-state index < -0.39 is 0 Å². The van der Waals surface area contributed by atoms with E-state index in [4.69, 9.17) is 0 Å². The number of aryl methyl sites for hydroxylation is 1. The number of hydrogen-bond donors (Lipinski definition) is 1. The van der Waals surface area contributed by atoms with Crippen molar-refractivity contribution in [2.45, 2.75) is 41.0 Å². The summed E-state index contributed by atoms with van der Waals surface area (Å²) in [7, 11) is 0. The van der Waals surface area contributed by atoms with Crippen LogP contribution in [0.25, 0.3) is 0 Å². The zero-order chi connectivity index (χ0) is 13.9. The van der Waals surface area contributed by atoms with Crippen LogP contribution in [0.1, 0.15) is 39.8 Å². The molecule has 1 amide bonds. The molecule has 1 N–H and O–H groups in total. The Morgan fingerprint density at radius 2 is 2.06 bits per heavy atom. The van der Waals surface area contributed by atoms with Crippen LogP contribution < -0.4 is 5.32 Å². The lowest BCUT2D eigenvalue weighted by Gasteiger charge is -2.26. The van der Waals surface area contributed by atoms with Crippen LogP contribution in [-0.4, -0.2) is 10.9 Å². The Bertz CT molecular complexity index is 438. The van der Waals surface area contributed by atoms with Crippen LogP contribution in [0.2, 0.25) is 0 Å². The van der Waals surface area contributed by atoms with Crippen molar-refractivity contribution in [2.75, 3.05) is 5.32 Å². The van der Waals surface area contributed by atoms with Crippen LogP contribution >= 0.6 is 15.9 Å². The molecular formula is C14H21BrN2O. The fourth-order valence-corrected chi connectivity index (χ4v) is 1.85. The molecule has 0 bridgehead atoms. The van der Waals surface area contributed by atoms with E-state index >= 15 is 0 Å². The van der Waals surface area contributed by atoms with E-state index in [0.717, 1.165) is 16.0 Å². The van der Waals surface area contributed by atoms with E-state index in [-0.39, 0.29) is 11.3 Å². The number of anilines is 1. The minimum Gasteiger partial charge on any atom is -0.324 e. The second-order valence-electron chi connectivity index (χ2n) is 5.79. The predicted octanol–water partition coefficient (Wildman–Crippen LogP) is 4.16. The Balaban J connectivity index is 2.65. The van der Waals surface area contributed by atoms with Crippen molar-refractivity contribution < 1.29 is 4.79 Å². The molecule has 100 valence electrons. The lowest BCUT2D eigenvalue weighted by molar-refractivity contribution is -0.117. The van der Waals surface area contributed by atoms with Crippen molar-refractivity contribution in [3.63, 3.8) is 0 Å². The van der Waals surface area contributed by atoms with Crippen molar-refractivity contribution in [1.82, 2.24) is 4.98 Å². The highest BCUT2D eigenvalue weighted by Crippen LogP contribution is 2.28. The maximum atomic E-state index is 12.0. The molecule has 0 fully saturated rings. The summed E-state index contributed by atoms with van der Waals surface area (Å²) in [6.07, 6.45) is 0.527. The van der Waals surface area contributed by atoms with Crippen LogP contribution in [0.15, 0.2) is 16.7 Å². The molecule has 1 aromatic rings. The van der Waals surface area contributed by atoms with E-state index in [0.29, 0.717) is 12.3 Å². The number of hydrogen-bond acceptors (Lipinski definition) is 2. The van der Waals surface area contributed by atoms with Gasteiger partial charge in [-0.25, -0.2) is 4.98 Å². The fourth-order valence-electron chi connectivity index (χ4n) is 1.45. The Morgan fingerprint density at radius 1 is 1.44 bits per heavy atom. The van der Waals surface area contributed by atoms with Gasteiger partial charge in [-0.2, -0.15) is 0 Å². The van der Waals surface area contributed by atoms with Gasteiger partial charge in [0.25, 0.3) is 0 Å². The first-order chi connectivity index (χ1) is 8.20. The van der Waals surface area contributed by atoms with Gasteiger partial charge in [0.1, 0.15) is 4.60 Å². The number of carbonyl (C=O) groups is 1. The van der Waals surface area contributed by atoms with Gasteiger partial charge in [0.05, 0.1) is 11.4 Å². The van der Waals surface area contributed by atoms with Gasteiger partial charge < -0.3 is 5.32 Å². The van der Waals surface area contributed by atoms with Gasteiger partial charge in [0, 0.05) is 6.42 Å². The molecule has 1 unspecified atom stereocenters. The molecule has 0 saturated heterocycles. The third-order valence-electron chi connectivity index (χ3n) is 3.30. The molecule has 1 rings (SSSR count). The van der Waals surface area contributed by atoms with Crippen LogP contribution in [0, 0.1) is 18.3 Å². The first-order valence-electron chi connectivity index (χ1n) is 6.13. The zero-order valence-corrected chi connectivity index (χ0v) is 13.3. The molecule has 4 heteroatoms. The third-order valence-corrected chi connectivity index (χ3v) is 3.74. The highest BCUT2D eigenvalue weighted by atomic mass is 79.9. The summed E-state index contributed by atoms with van der Waals surface area (Å²) in [4.78, 5) is 16.2. The molecule has 0 saturated carbocycles. The largest absolute Gasteiger partial charge is 0.324 e. The van der Waals surface area contributed by atoms with Gasteiger partial charge in [-0.3, -0.25) is 4.79 Å². The van der Waals surface area contributed by atoms with E-state index in [9.17, 15) is 4.79 Å². The van der Waals surface area contributed by atoms with Gasteiger partial charge in [0.15, 0.2) is 0 Å². The molecule has 18 heavy (non-hydrogen) atoms. The number of halogens is 1. The number of rotatable bonds is 3. The highest BCUT2D eigenvalue weighted by molar-refractivity contribution is 9.10. The first-order valence-corrected chi connectivity index (χ1v) is 6.92. The molecule has 1 aromatic heterocycles. The lowest BCUT2D eigenvalue weighted by atomic mass is 9.80. The molecule has 0 aliphatic rings. The summed E-state index contributed by atoms with van der Waals surface area (Å²) in [5, 5.41) is 2.92. The Kier molecular flexibility index (Phi) is 4.91. The van der Waals surface area contributed by atoms with Crippen LogP contribution in [0.5, 0.6) is 0 Å². The number of amides is 1. The first kappa shape index (κ1) is 15.2. The smallest absolute Gasteiger partial charge is 0.224 e. The number of nitrogens with zero attached hydrogens (tertiary/aromatic N) is 1. The molecular weight excluding hydrogens is 292 g/mol. The summed E-state index contributed by atoms with van der Waals surface area (Å²) >= 11 is 3.31. The summed E-state index contributed by atoms with van der Waals surface area (Å²) < 4.78 is 0.779. The maximum Gasteiger partial charge on any atom is 0.224 e. The Hall–Kier alpha value is -0.900. The number of carbonyl (C=O) groups excluding carboxylic acids is 1. The van der Waals surface area contributed by atoms with Crippen molar-refractivity contribution in [2.24, 2.45) is 11.3 Å². The molecule has 0 radical (unpaired) electrons. The number of aromatic nitrogens is 1. The molecule has 1 atom stereocenters. The average molecular weight is 313 g/mol. The predicted molar refractivity (Wildman–Crippen MR) is 78.5 cm³/mol. The van der Waals surface area contributed by atoms with Gasteiger partial charge in [-0.15, -0.1) is 0 Å². The monoisotopic (exact) mass is 312 g/mol. The maximum absolute atomic E-state index is 12.0. The van der Waals surface area contributed by atoms with Gasteiger partial charge in [0.2, 0.25) is 5.91 Å². The van der Waals surface area contributed by atoms with Crippen LogP contribution in [-0.2, 0) is 4.79 Å². The lowest BCUT2D eigenvalue weighted by Crippen LogP contribution is -2.24. The third kappa shape index (κ3) is 4.41. The van der Waals surface area contributed by atoms with Crippen molar-refractivity contribution in [1.29, 1.82) is 0 Å². The quantitative estimate of drug-likeness (QED) is 0.851. The minimum atomic E-state index is 0.0460. The zero-order valence-electron chi connectivity index (χ0n) is 11.7. The van der Waals surface area contributed by atoms with Crippen LogP contribution in [0.3, 0.4) is 0 Å². The van der Waals surface area contributed by atoms with Gasteiger partial charge >= 0.3 is 0 Å². The van der Waals surface area contributed by atoms with Crippen LogP contribution in [0.4, 0.5) is 5.69 Å². The molecule has 3 nitrogen and oxygen atoms in total. The summed E-state index contributed by atoms with van der Waals surface area (Å²) in [5.41, 5.74) is 1.75.